The zero-order valence-electron chi connectivity index (χ0n) is 16.2. The number of benzene rings is 1. The van der Waals surface area contributed by atoms with Gasteiger partial charge in [-0.2, -0.15) is 4.31 Å². The first-order valence-corrected chi connectivity index (χ1v) is 10.5. The summed E-state index contributed by atoms with van der Waals surface area (Å²) in [6.45, 7) is 4.26. The third-order valence-electron chi connectivity index (χ3n) is 4.65. The van der Waals surface area contributed by atoms with Gasteiger partial charge >= 0.3 is 0 Å². The maximum absolute atomic E-state index is 12.8. The zero-order chi connectivity index (χ0) is 20.5. The number of aryl methyl sites for hydroxylation is 2. The summed E-state index contributed by atoms with van der Waals surface area (Å²) < 4.78 is 28.4. The van der Waals surface area contributed by atoms with Crippen molar-refractivity contribution in [1.29, 1.82) is 0 Å². The first-order chi connectivity index (χ1) is 13.2. The average Bonchev–Trinajstić information content (AvgIpc) is 3.27. The molecule has 9 heteroatoms. The quantitative estimate of drug-likeness (QED) is 0.799. The van der Waals surface area contributed by atoms with Gasteiger partial charge in [-0.3, -0.25) is 9.59 Å². The van der Waals surface area contributed by atoms with Crippen LogP contribution in [0.15, 0.2) is 35.4 Å². The van der Waals surface area contributed by atoms with Gasteiger partial charge in [0.25, 0.3) is 5.91 Å². The molecule has 2 heterocycles. The van der Waals surface area contributed by atoms with Crippen LogP contribution in [0.5, 0.6) is 0 Å². The van der Waals surface area contributed by atoms with Crippen LogP contribution in [0.3, 0.4) is 0 Å². The number of rotatable bonds is 5. The van der Waals surface area contributed by atoms with E-state index in [4.69, 9.17) is 0 Å². The number of carbonyl (C=O) groups excluding carboxylic acids is 2. The van der Waals surface area contributed by atoms with E-state index < -0.39 is 15.9 Å². The first-order valence-electron chi connectivity index (χ1n) is 9.04. The number of anilines is 2. The molecule has 1 aromatic heterocycles. The van der Waals surface area contributed by atoms with Crippen LogP contribution in [0, 0.1) is 6.92 Å². The summed E-state index contributed by atoms with van der Waals surface area (Å²) in [6, 6.07) is 6.66. The topological polar surface area (TPSA) is 101 Å². The van der Waals surface area contributed by atoms with Gasteiger partial charge in [0.2, 0.25) is 15.9 Å². The predicted molar refractivity (Wildman–Crippen MR) is 107 cm³/mol. The van der Waals surface area contributed by atoms with E-state index in [1.54, 1.807) is 19.2 Å². The van der Waals surface area contributed by atoms with Crippen LogP contribution in [0.25, 0.3) is 0 Å². The van der Waals surface area contributed by atoms with E-state index in [1.807, 2.05) is 13.0 Å². The van der Waals surface area contributed by atoms with Crippen molar-refractivity contribution < 1.29 is 18.0 Å². The van der Waals surface area contributed by atoms with E-state index in [0.717, 1.165) is 18.4 Å². The van der Waals surface area contributed by atoms with Crippen LogP contribution >= 0.6 is 0 Å². The Balaban J connectivity index is 1.87. The minimum atomic E-state index is -3.60. The lowest BCUT2D eigenvalue weighted by molar-refractivity contribution is -0.114. The Labute approximate surface area is 164 Å². The molecule has 3 rings (SSSR count). The standard InChI is InChI=1S/C19H24N4O4S/c1-13-6-7-16(20-14(2)24)17(10-13)21-19(25)18-11-15(12-22(18)3)28(26,27)23-8-4-5-9-23/h6-7,10-12H,4-5,8-9H2,1-3H3,(H,20,24)(H,21,25). The summed E-state index contributed by atoms with van der Waals surface area (Å²) in [4.78, 5) is 24.3. The van der Waals surface area contributed by atoms with Crippen molar-refractivity contribution >= 4 is 33.2 Å². The summed E-state index contributed by atoms with van der Waals surface area (Å²) in [5, 5.41) is 5.44. The van der Waals surface area contributed by atoms with Crippen molar-refractivity contribution in [3.63, 3.8) is 0 Å². The summed E-state index contributed by atoms with van der Waals surface area (Å²) in [5.41, 5.74) is 2.05. The molecule has 0 aliphatic carbocycles. The van der Waals surface area contributed by atoms with Crippen LogP contribution in [-0.2, 0) is 21.9 Å². The SMILES string of the molecule is CC(=O)Nc1ccc(C)cc1NC(=O)c1cc(S(=O)(=O)N2CCCC2)cn1C. The number of nitrogens with one attached hydrogen (secondary N) is 2. The minimum Gasteiger partial charge on any atom is -0.345 e. The van der Waals surface area contributed by atoms with Gasteiger partial charge in [0.05, 0.1) is 11.4 Å². The number of hydrogen-bond acceptors (Lipinski definition) is 4. The van der Waals surface area contributed by atoms with Crippen molar-refractivity contribution in [3.05, 3.63) is 41.7 Å². The maximum atomic E-state index is 12.8. The average molecular weight is 404 g/mol. The van der Waals surface area contributed by atoms with E-state index >= 15 is 0 Å². The van der Waals surface area contributed by atoms with Crippen LogP contribution in [0.4, 0.5) is 11.4 Å². The van der Waals surface area contributed by atoms with Gasteiger partial charge in [0.1, 0.15) is 10.6 Å². The van der Waals surface area contributed by atoms with Crippen molar-refractivity contribution in [3.8, 4) is 0 Å². The Morgan fingerprint density at radius 1 is 1.04 bits per heavy atom. The molecule has 0 saturated carbocycles. The van der Waals surface area contributed by atoms with Crippen molar-refractivity contribution in [2.75, 3.05) is 23.7 Å². The molecule has 2 N–H and O–H groups in total. The second kappa shape index (κ2) is 7.76. The molecule has 0 radical (unpaired) electrons. The zero-order valence-corrected chi connectivity index (χ0v) is 17.0. The molecule has 1 fully saturated rings. The van der Waals surface area contributed by atoms with Gasteiger partial charge in [-0.05, 0) is 43.5 Å². The van der Waals surface area contributed by atoms with Crippen molar-refractivity contribution in [1.82, 2.24) is 8.87 Å². The first kappa shape index (κ1) is 20.1. The Kier molecular flexibility index (Phi) is 5.57. The van der Waals surface area contributed by atoms with E-state index in [9.17, 15) is 18.0 Å². The van der Waals surface area contributed by atoms with Crippen LogP contribution in [0.1, 0.15) is 35.8 Å². The van der Waals surface area contributed by atoms with Crippen molar-refractivity contribution in [2.24, 2.45) is 7.05 Å². The highest BCUT2D eigenvalue weighted by atomic mass is 32.2. The highest BCUT2D eigenvalue weighted by molar-refractivity contribution is 7.89. The highest BCUT2D eigenvalue weighted by Gasteiger charge is 2.29. The molecule has 150 valence electrons. The smallest absolute Gasteiger partial charge is 0.272 e. The molecular weight excluding hydrogens is 380 g/mol. The Hall–Kier alpha value is -2.65. The number of carbonyl (C=O) groups is 2. The molecular formula is C19H24N4O4S. The lowest BCUT2D eigenvalue weighted by Crippen LogP contribution is -2.27. The summed E-state index contributed by atoms with van der Waals surface area (Å²) in [7, 11) is -1.97. The fraction of sp³-hybridized carbons (Fsp3) is 0.368. The summed E-state index contributed by atoms with van der Waals surface area (Å²) in [5.74, 6) is -0.709. The predicted octanol–water partition coefficient (Wildman–Crippen LogP) is 2.33. The molecule has 2 aromatic rings. The molecule has 1 aromatic carbocycles. The lowest BCUT2D eigenvalue weighted by Gasteiger charge is -2.13. The molecule has 0 spiro atoms. The van der Waals surface area contributed by atoms with Crippen LogP contribution < -0.4 is 10.6 Å². The Bertz CT molecular complexity index is 1020. The van der Waals surface area contributed by atoms with Gasteiger partial charge in [-0.25, -0.2) is 8.42 Å². The number of aromatic nitrogens is 1. The fourth-order valence-corrected chi connectivity index (χ4v) is 4.81. The monoisotopic (exact) mass is 404 g/mol. The lowest BCUT2D eigenvalue weighted by atomic mass is 10.2. The minimum absolute atomic E-state index is 0.105. The van der Waals surface area contributed by atoms with Gasteiger partial charge in [-0.15, -0.1) is 0 Å². The second-order valence-electron chi connectivity index (χ2n) is 6.97. The third kappa shape index (κ3) is 4.10. The molecule has 1 aliphatic rings. The molecule has 1 saturated heterocycles. The van der Waals surface area contributed by atoms with Gasteiger partial charge in [0, 0.05) is 33.3 Å². The number of hydrogen-bond donors (Lipinski definition) is 2. The van der Waals surface area contributed by atoms with E-state index in [1.165, 1.54) is 28.1 Å². The second-order valence-corrected chi connectivity index (χ2v) is 8.91. The largest absolute Gasteiger partial charge is 0.345 e. The van der Waals surface area contributed by atoms with E-state index in [0.29, 0.717) is 24.5 Å². The summed E-state index contributed by atoms with van der Waals surface area (Å²) in [6.07, 6.45) is 3.14. The van der Waals surface area contributed by atoms with Crippen molar-refractivity contribution in [2.45, 2.75) is 31.6 Å². The molecule has 8 nitrogen and oxygen atoms in total. The molecule has 0 unspecified atom stereocenters. The fourth-order valence-electron chi connectivity index (χ4n) is 3.23. The maximum Gasteiger partial charge on any atom is 0.272 e. The molecule has 1 aliphatic heterocycles. The summed E-state index contributed by atoms with van der Waals surface area (Å²) >= 11 is 0. The number of amides is 2. The molecule has 2 amide bonds. The van der Waals surface area contributed by atoms with E-state index in [2.05, 4.69) is 10.6 Å². The molecule has 28 heavy (non-hydrogen) atoms. The van der Waals surface area contributed by atoms with Gasteiger partial charge in [-0.1, -0.05) is 6.07 Å². The Morgan fingerprint density at radius 2 is 1.71 bits per heavy atom. The Morgan fingerprint density at radius 3 is 2.36 bits per heavy atom. The highest BCUT2D eigenvalue weighted by Crippen LogP contribution is 2.26. The molecule has 0 bridgehead atoms. The number of nitrogens with zero attached hydrogens (tertiary/aromatic N) is 2. The molecule has 0 atom stereocenters. The normalized spacial score (nSPS) is 14.8. The van der Waals surface area contributed by atoms with Gasteiger partial charge < -0.3 is 15.2 Å². The van der Waals surface area contributed by atoms with E-state index in [-0.39, 0.29) is 16.5 Å². The van der Waals surface area contributed by atoms with Crippen LogP contribution in [-0.4, -0.2) is 42.2 Å². The third-order valence-corrected chi connectivity index (χ3v) is 6.51. The van der Waals surface area contributed by atoms with Gasteiger partial charge in [0.15, 0.2) is 0 Å². The number of sulfonamides is 1. The van der Waals surface area contributed by atoms with Crippen LogP contribution in [0.2, 0.25) is 0 Å².